The third-order valence-electron chi connectivity index (χ3n) is 4.42. The van der Waals surface area contributed by atoms with Gasteiger partial charge < -0.3 is 4.57 Å². The predicted octanol–water partition coefficient (Wildman–Crippen LogP) is 5.68. The molecule has 1 aliphatic carbocycles. The second-order valence-electron chi connectivity index (χ2n) is 5.97. The third kappa shape index (κ3) is 4.21. The minimum absolute atomic E-state index is 0.507. The van der Waals surface area contributed by atoms with Crippen LogP contribution in [-0.4, -0.2) is 11.8 Å². The number of rotatable bonds is 6. The molecule has 0 heterocycles. The Kier molecular flexibility index (Phi) is 5.70. The largest absolute Gasteiger partial charge is 0.323 e. The van der Waals surface area contributed by atoms with Crippen LogP contribution in [0.1, 0.15) is 57.4 Å². The van der Waals surface area contributed by atoms with E-state index in [1.165, 1.54) is 37.7 Å². The summed E-state index contributed by atoms with van der Waals surface area (Å²) in [5, 5.41) is 0. The summed E-state index contributed by atoms with van der Waals surface area (Å²) >= 11 is 0. The monoisotopic (exact) mass is 278 g/mol. The molecule has 1 unspecified atom stereocenters. The quantitative estimate of drug-likeness (QED) is 0.611. The van der Waals surface area contributed by atoms with E-state index in [-0.39, 0.29) is 0 Å². The van der Waals surface area contributed by atoms with Crippen molar-refractivity contribution in [2.24, 2.45) is 0 Å². The lowest BCUT2D eigenvalue weighted by Crippen LogP contribution is -2.16. The molecular formula is C17H27OP. The zero-order chi connectivity index (χ0) is 13.6. The van der Waals surface area contributed by atoms with Gasteiger partial charge in [0, 0.05) is 18.0 Å². The Morgan fingerprint density at radius 2 is 1.79 bits per heavy atom. The van der Waals surface area contributed by atoms with Crippen LogP contribution in [0.2, 0.25) is 0 Å². The van der Waals surface area contributed by atoms with Gasteiger partial charge >= 0.3 is 0 Å². The maximum atomic E-state index is 13.5. The topological polar surface area (TPSA) is 17.1 Å². The van der Waals surface area contributed by atoms with Gasteiger partial charge in [0.1, 0.15) is 0 Å². The number of hydrogen-bond donors (Lipinski definition) is 0. The van der Waals surface area contributed by atoms with E-state index in [1.54, 1.807) is 0 Å². The summed E-state index contributed by atoms with van der Waals surface area (Å²) in [6.07, 6.45) is 10.4. The van der Waals surface area contributed by atoms with E-state index in [2.05, 4.69) is 31.2 Å². The van der Waals surface area contributed by atoms with Crippen molar-refractivity contribution in [3.63, 3.8) is 0 Å². The van der Waals surface area contributed by atoms with Gasteiger partial charge in [-0.25, -0.2) is 0 Å². The van der Waals surface area contributed by atoms with E-state index in [9.17, 15) is 4.57 Å². The van der Waals surface area contributed by atoms with Crippen LogP contribution in [0.3, 0.4) is 0 Å². The molecule has 106 valence electrons. The molecule has 0 aliphatic heterocycles. The van der Waals surface area contributed by atoms with Gasteiger partial charge in [0.15, 0.2) is 0 Å². The fourth-order valence-corrected chi connectivity index (χ4v) is 7.03. The molecule has 0 bridgehead atoms. The first kappa shape index (κ1) is 14.9. The number of hydrogen-bond acceptors (Lipinski definition) is 1. The fraction of sp³-hybridized carbons (Fsp3) is 0.647. The lowest BCUT2D eigenvalue weighted by molar-refractivity contribution is 0.480. The molecular weight excluding hydrogens is 251 g/mol. The molecule has 19 heavy (non-hydrogen) atoms. The lowest BCUT2D eigenvalue weighted by atomic mass is 10.0. The predicted molar refractivity (Wildman–Crippen MR) is 84.4 cm³/mol. The lowest BCUT2D eigenvalue weighted by Gasteiger charge is -2.31. The van der Waals surface area contributed by atoms with Crippen LogP contribution in [0.25, 0.3) is 0 Å². The van der Waals surface area contributed by atoms with Crippen molar-refractivity contribution >= 4 is 7.14 Å². The summed E-state index contributed by atoms with van der Waals surface area (Å²) in [7, 11) is -2.03. The van der Waals surface area contributed by atoms with Crippen molar-refractivity contribution in [1.29, 1.82) is 0 Å². The first-order valence-corrected chi connectivity index (χ1v) is 10.0. The minimum atomic E-state index is -2.03. The van der Waals surface area contributed by atoms with Gasteiger partial charge in [0.2, 0.25) is 0 Å². The van der Waals surface area contributed by atoms with Crippen LogP contribution in [0.4, 0.5) is 0 Å². The molecule has 0 saturated heterocycles. The first-order valence-electron chi connectivity index (χ1n) is 7.86. The molecule has 1 fully saturated rings. The Morgan fingerprint density at radius 3 is 2.42 bits per heavy atom. The van der Waals surface area contributed by atoms with Crippen molar-refractivity contribution in [3.8, 4) is 0 Å². The van der Waals surface area contributed by atoms with Gasteiger partial charge in [-0.2, -0.15) is 0 Å². The van der Waals surface area contributed by atoms with Crippen LogP contribution in [0.5, 0.6) is 0 Å². The highest BCUT2D eigenvalue weighted by Gasteiger charge is 2.33. The van der Waals surface area contributed by atoms with Crippen LogP contribution >= 0.6 is 7.14 Å². The molecule has 0 N–H and O–H groups in total. The number of unbranched alkanes of at least 4 members (excludes halogenated alkanes) is 1. The molecule has 1 aromatic rings. The minimum Gasteiger partial charge on any atom is -0.323 e. The molecule has 1 aliphatic rings. The average molecular weight is 278 g/mol. The molecule has 1 atom stereocenters. The van der Waals surface area contributed by atoms with E-state index in [0.29, 0.717) is 5.66 Å². The molecule has 1 saturated carbocycles. The summed E-state index contributed by atoms with van der Waals surface area (Å²) in [5.41, 5.74) is 1.78. The second kappa shape index (κ2) is 7.29. The van der Waals surface area contributed by atoms with Crippen LogP contribution in [0.15, 0.2) is 30.3 Å². The molecule has 0 radical (unpaired) electrons. The Morgan fingerprint density at radius 1 is 1.11 bits per heavy atom. The summed E-state index contributed by atoms with van der Waals surface area (Å²) < 4.78 is 13.5. The standard InChI is InChI=1S/C17H27OP/c1-2-3-14-19(18,17-12-8-5-9-13-17)15-16-10-6-4-7-11-16/h4,6-7,10-11,17H,2-3,5,8-9,12-15H2,1H3. The van der Waals surface area contributed by atoms with Gasteiger partial charge in [0.25, 0.3) is 0 Å². The van der Waals surface area contributed by atoms with Crippen molar-refractivity contribution < 1.29 is 4.57 Å². The number of benzene rings is 1. The van der Waals surface area contributed by atoms with Crippen molar-refractivity contribution in [1.82, 2.24) is 0 Å². The summed E-state index contributed by atoms with van der Waals surface area (Å²) in [6, 6.07) is 10.5. The van der Waals surface area contributed by atoms with E-state index < -0.39 is 7.14 Å². The molecule has 0 aromatic heterocycles. The van der Waals surface area contributed by atoms with Crippen molar-refractivity contribution in [2.75, 3.05) is 6.16 Å². The maximum absolute atomic E-state index is 13.5. The van der Waals surface area contributed by atoms with Crippen LogP contribution in [-0.2, 0) is 10.7 Å². The van der Waals surface area contributed by atoms with E-state index in [1.807, 2.05) is 6.07 Å². The molecule has 1 nitrogen and oxygen atoms in total. The average Bonchev–Trinajstić information content (AvgIpc) is 2.47. The Labute approximate surface area is 118 Å². The van der Waals surface area contributed by atoms with Gasteiger partial charge in [-0.15, -0.1) is 0 Å². The maximum Gasteiger partial charge on any atom is 0.0948 e. The summed E-state index contributed by atoms with van der Waals surface area (Å²) in [5.74, 6) is 0. The van der Waals surface area contributed by atoms with Gasteiger partial charge in [0.05, 0.1) is 7.14 Å². The normalized spacial score (nSPS) is 20.1. The van der Waals surface area contributed by atoms with E-state index >= 15 is 0 Å². The SMILES string of the molecule is CCCCP(=O)(Cc1ccccc1)C1CCCCC1. The molecule has 0 amide bonds. The van der Waals surface area contributed by atoms with Crippen LogP contribution < -0.4 is 0 Å². The highest BCUT2D eigenvalue weighted by molar-refractivity contribution is 7.63. The summed E-state index contributed by atoms with van der Waals surface area (Å²) in [4.78, 5) is 0. The smallest absolute Gasteiger partial charge is 0.0948 e. The van der Waals surface area contributed by atoms with E-state index in [4.69, 9.17) is 0 Å². The second-order valence-corrected chi connectivity index (χ2v) is 9.36. The zero-order valence-corrected chi connectivity index (χ0v) is 13.1. The Hall–Kier alpha value is -0.550. The third-order valence-corrected chi connectivity index (χ3v) is 8.24. The molecule has 2 heteroatoms. The van der Waals surface area contributed by atoms with Crippen LogP contribution in [0, 0.1) is 0 Å². The summed E-state index contributed by atoms with van der Waals surface area (Å²) in [6.45, 7) is 2.20. The highest BCUT2D eigenvalue weighted by Crippen LogP contribution is 2.58. The molecule has 0 spiro atoms. The Bertz CT molecular complexity index is 407. The zero-order valence-electron chi connectivity index (χ0n) is 12.2. The van der Waals surface area contributed by atoms with Gasteiger partial charge in [-0.3, -0.25) is 0 Å². The van der Waals surface area contributed by atoms with Crippen molar-refractivity contribution in [3.05, 3.63) is 35.9 Å². The van der Waals surface area contributed by atoms with Gasteiger partial charge in [-0.05, 0) is 24.8 Å². The highest BCUT2D eigenvalue weighted by atomic mass is 31.2. The first-order chi connectivity index (χ1) is 9.24. The molecule has 2 rings (SSSR count). The Balaban J connectivity index is 2.11. The fourth-order valence-electron chi connectivity index (χ4n) is 3.26. The van der Waals surface area contributed by atoms with E-state index in [0.717, 1.165) is 25.2 Å². The van der Waals surface area contributed by atoms with Crippen molar-refractivity contribution in [2.45, 2.75) is 63.7 Å². The molecule has 1 aromatic carbocycles. The van der Waals surface area contributed by atoms with Gasteiger partial charge in [-0.1, -0.05) is 62.9 Å².